The summed E-state index contributed by atoms with van der Waals surface area (Å²) in [4.78, 5) is 28.8. The quantitative estimate of drug-likeness (QED) is 0.214. The molecule has 0 spiro atoms. The molecule has 1 aliphatic heterocycles. The third kappa shape index (κ3) is 9.68. The van der Waals surface area contributed by atoms with E-state index < -0.39 is 29.7 Å². The van der Waals surface area contributed by atoms with Crippen molar-refractivity contribution in [1.29, 1.82) is 0 Å². The van der Waals surface area contributed by atoms with Crippen molar-refractivity contribution < 1.29 is 23.5 Å². The van der Waals surface area contributed by atoms with Crippen molar-refractivity contribution in [3.05, 3.63) is 106 Å². The van der Waals surface area contributed by atoms with Crippen molar-refractivity contribution in [2.75, 3.05) is 19.6 Å². The molecule has 0 saturated carbocycles. The second-order valence-electron chi connectivity index (χ2n) is 12.6. The first-order valence-corrected chi connectivity index (χ1v) is 16.2. The zero-order chi connectivity index (χ0) is 32.5. The highest BCUT2D eigenvalue weighted by molar-refractivity contribution is 6.00. The molecule has 6 nitrogen and oxygen atoms in total. The highest BCUT2D eigenvalue weighted by atomic mass is 19.1. The highest BCUT2D eigenvalue weighted by Gasteiger charge is 2.33. The van der Waals surface area contributed by atoms with E-state index in [4.69, 9.17) is 0 Å². The number of carbonyl (C=O) groups excluding carboxylic acids is 2. The normalized spacial score (nSPS) is 17.8. The first kappa shape index (κ1) is 34.3. The minimum absolute atomic E-state index is 0.0326. The van der Waals surface area contributed by atoms with Crippen LogP contribution in [-0.4, -0.2) is 59.6 Å². The van der Waals surface area contributed by atoms with Crippen LogP contribution in [0.3, 0.4) is 0 Å². The molecule has 3 N–H and O–H groups in total. The molecular weight excluding hydrogens is 572 g/mol. The number of halogens is 2. The topological polar surface area (TPSA) is 81.7 Å². The standard InChI is InChI=1S/C37H47F2N3O3/c1-5-12-42(13-6-2)37(45)30-16-25(4)15-29(21-30)36(44)41-34(20-28-18-31(38)22-32(39)19-28)35(43)33-11-10-27(23-40-33)17-26-9-7-8-24(3)14-26/h7-9,14-16,18-19,21-22,27,33-35,40,43H,5-6,10-13,17,20,23H2,1-4H3,(H,41,44)/t27?,33?,34-,35+/m0/s1. The van der Waals surface area contributed by atoms with Crippen LogP contribution < -0.4 is 10.6 Å². The Labute approximate surface area is 266 Å². The van der Waals surface area contributed by atoms with Gasteiger partial charge >= 0.3 is 0 Å². The summed E-state index contributed by atoms with van der Waals surface area (Å²) in [6.07, 6.45) is 3.19. The lowest BCUT2D eigenvalue weighted by Crippen LogP contribution is -2.56. The number of piperidine rings is 1. The van der Waals surface area contributed by atoms with Gasteiger partial charge in [-0.1, -0.05) is 43.7 Å². The second-order valence-corrected chi connectivity index (χ2v) is 12.6. The van der Waals surface area contributed by atoms with Gasteiger partial charge in [0.25, 0.3) is 11.8 Å². The number of rotatable bonds is 13. The zero-order valence-electron chi connectivity index (χ0n) is 26.9. The number of benzene rings is 3. The molecular formula is C37H47F2N3O3. The van der Waals surface area contributed by atoms with Crippen LogP contribution in [0.25, 0.3) is 0 Å². The molecule has 0 aliphatic carbocycles. The monoisotopic (exact) mass is 619 g/mol. The average Bonchev–Trinajstić information content (AvgIpc) is 2.99. The Balaban J connectivity index is 1.52. The fourth-order valence-corrected chi connectivity index (χ4v) is 6.42. The van der Waals surface area contributed by atoms with E-state index in [1.54, 1.807) is 23.1 Å². The number of aliphatic hydroxyl groups is 1. The highest BCUT2D eigenvalue weighted by Crippen LogP contribution is 2.24. The van der Waals surface area contributed by atoms with Gasteiger partial charge in [-0.25, -0.2) is 8.78 Å². The van der Waals surface area contributed by atoms with Crippen molar-refractivity contribution in [3.8, 4) is 0 Å². The van der Waals surface area contributed by atoms with E-state index in [1.165, 1.54) is 23.3 Å². The molecule has 1 saturated heterocycles. The number of aryl methyl sites for hydroxylation is 2. The molecule has 1 aliphatic rings. The van der Waals surface area contributed by atoms with Gasteiger partial charge in [0.1, 0.15) is 11.6 Å². The van der Waals surface area contributed by atoms with Gasteiger partial charge in [-0.2, -0.15) is 0 Å². The lowest BCUT2D eigenvalue weighted by atomic mass is 9.85. The smallest absolute Gasteiger partial charge is 0.253 e. The first-order valence-electron chi connectivity index (χ1n) is 16.2. The van der Waals surface area contributed by atoms with Gasteiger partial charge < -0.3 is 20.6 Å². The molecule has 3 aromatic rings. The van der Waals surface area contributed by atoms with Crippen molar-refractivity contribution in [2.24, 2.45) is 5.92 Å². The number of nitrogens with one attached hydrogen (secondary N) is 2. The molecule has 0 radical (unpaired) electrons. The molecule has 0 bridgehead atoms. The average molecular weight is 620 g/mol. The Morgan fingerprint density at radius 1 is 0.911 bits per heavy atom. The minimum atomic E-state index is -1.02. The lowest BCUT2D eigenvalue weighted by Gasteiger charge is -2.36. The van der Waals surface area contributed by atoms with Gasteiger partial charge in [0.15, 0.2) is 0 Å². The summed E-state index contributed by atoms with van der Waals surface area (Å²) in [5, 5.41) is 18.0. The van der Waals surface area contributed by atoms with Crippen LogP contribution in [0.2, 0.25) is 0 Å². The van der Waals surface area contributed by atoms with Gasteiger partial charge in [0.05, 0.1) is 12.1 Å². The van der Waals surface area contributed by atoms with Crippen molar-refractivity contribution in [3.63, 3.8) is 0 Å². The lowest BCUT2D eigenvalue weighted by molar-refractivity contribution is 0.0599. The van der Waals surface area contributed by atoms with E-state index >= 15 is 0 Å². The van der Waals surface area contributed by atoms with E-state index in [0.717, 1.165) is 37.3 Å². The van der Waals surface area contributed by atoms with Gasteiger partial charge in [0.2, 0.25) is 0 Å². The fraction of sp³-hybridized carbons (Fsp3) is 0.459. The van der Waals surface area contributed by atoms with Crippen LogP contribution in [0.4, 0.5) is 8.78 Å². The Morgan fingerprint density at radius 2 is 1.60 bits per heavy atom. The van der Waals surface area contributed by atoms with Crippen molar-refractivity contribution in [1.82, 2.24) is 15.5 Å². The summed E-state index contributed by atoms with van der Waals surface area (Å²) < 4.78 is 28.2. The van der Waals surface area contributed by atoms with Gasteiger partial charge in [-0.15, -0.1) is 0 Å². The molecule has 45 heavy (non-hydrogen) atoms. The molecule has 1 heterocycles. The first-order chi connectivity index (χ1) is 21.6. The predicted octanol–water partition coefficient (Wildman–Crippen LogP) is 6.16. The maximum atomic E-state index is 14.1. The summed E-state index contributed by atoms with van der Waals surface area (Å²) >= 11 is 0. The summed E-state index contributed by atoms with van der Waals surface area (Å²) in [6, 6.07) is 15.6. The van der Waals surface area contributed by atoms with Crippen LogP contribution >= 0.6 is 0 Å². The van der Waals surface area contributed by atoms with E-state index in [-0.39, 0.29) is 18.4 Å². The van der Waals surface area contributed by atoms with Crippen molar-refractivity contribution >= 4 is 11.8 Å². The number of carbonyl (C=O) groups is 2. The fourth-order valence-electron chi connectivity index (χ4n) is 6.42. The second kappa shape index (κ2) is 16.1. The Hall–Kier alpha value is -3.62. The maximum Gasteiger partial charge on any atom is 0.253 e. The third-order valence-electron chi connectivity index (χ3n) is 8.54. The summed E-state index contributed by atoms with van der Waals surface area (Å²) in [6.45, 7) is 9.91. The number of amides is 2. The number of hydrogen-bond donors (Lipinski definition) is 3. The molecule has 0 aromatic heterocycles. The minimum Gasteiger partial charge on any atom is -0.389 e. The molecule has 8 heteroatoms. The van der Waals surface area contributed by atoms with E-state index in [0.29, 0.717) is 48.7 Å². The van der Waals surface area contributed by atoms with E-state index in [9.17, 15) is 23.5 Å². The number of aliphatic hydroxyl groups excluding tert-OH is 1. The Bertz CT molecular complexity index is 1430. The van der Waals surface area contributed by atoms with Gasteiger partial charge in [-0.3, -0.25) is 9.59 Å². The van der Waals surface area contributed by atoms with Crippen LogP contribution in [0.1, 0.15) is 82.5 Å². The van der Waals surface area contributed by atoms with Gasteiger partial charge in [0, 0.05) is 36.3 Å². The number of hydrogen-bond acceptors (Lipinski definition) is 4. The summed E-state index contributed by atoms with van der Waals surface area (Å²) in [7, 11) is 0. The van der Waals surface area contributed by atoms with Crippen LogP contribution in [0, 0.1) is 31.4 Å². The summed E-state index contributed by atoms with van der Waals surface area (Å²) in [5.74, 6) is -1.62. The van der Waals surface area contributed by atoms with E-state index in [2.05, 4.69) is 41.8 Å². The van der Waals surface area contributed by atoms with E-state index in [1.807, 2.05) is 20.8 Å². The Kier molecular flexibility index (Phi) is 12.3. The third-order valence-corrected chi connectivity index (χ3v) is 8.54. The Morgan fingerprint density at radius 3 is 2.22 bits per heavy atom. The largest absolute Gasteiger partial charge is 0.389 e. The molecule has 1 fully saturated rings. The van der Waals surface area contributed by atoms with Crippen LogP contribution in [-0.2, 0) is 12.8 Å². The SMILES string of the molecule is CCCN(CCC)C(=O)c1cc(C)cc(C(=O)N[C@@H](Cc2cc(F)cc(F)c2)[C@H](O)C2CCC(Cc3cccc(C)c3)CN2)c1. The van der Waals surface area contributed by atoms with Crippen LogP contribution in [0.15, 0.2) is 60.7 Å². The molecule has 2 amide bonds. The molecule has 4 rings (SSSR count). The molecule has 2 unspecified atom stereocenters. The maximum absolute atomic E-state index is 14.1. The summed E-state index contributed by atoms with van der Waals surface area (Å²) in [5.41, 5.74) is 4.32. The molecule has 242 valence electrons. The molecule has 4 atom stereocenters. The predicted molar refractivity (Wildman–Crippen MR) is 174 cm³/mol. The van der Waals surface area contributed by atoms with Crippen LogP contribution in [0.5, 0.6) is 0 Å². The number of nitrogens with zero attached hydrogens (tertiary/aromatic N) is 1. The molecule has 3 aromatic carbocycles. The van der Waals surface area contributed by atoms with Gasteiger partial charge in [-0.05, 0) is 112 Å². The zero-order valence-corrected chi connectivity index (χ0v) is 26.9. The van der Waals surface area contributed by atoms with Crippen molar-refractivity contribution in [2.45, 2.75) is 84.4 Å².